The Morgan fingerprint density at radius 3 is 2.92 bits per heavy atom. The molecule has 3 heteroatoms. The lowest BCUT2D eigenvalue weighted by molar-refractivity contribution is 0.614. The van der Waals surface area contributed by atoms with E-state index in [4.69, 9.17) is 0 Å². The molecule has 0 spiro atoms. The van der Waals surface area contributed by atoms with Gasteiger partial charge in [0, 0.05) is 17.9 Å². The van der Waals surface area contributed by atoms with E-state index in [-0.39, 0.29) is 5.69 Å². The molecule has 0 fully saturated rings. The summed E-state index contributed by atoms with van der Waals surface area (Å²) in [5.41, 5.74) is 2.49. The Kier molecular flexibility index (Phi) is 1.79. The van der Waals surface area contributed by atoms with Gasteiger partial charge >= 0.3 is 5.69 Å². The fourth-order valence-corrected chi connectivity index (χ4v) is 1.98. The third-order valence-electron chi connectivity index (χ3n) is 2.58. The summed E-state index contributed by atoms with van der Waals surface area (Å²) in [5, 5.41) is 0. The van der Waals surface area contributed by atoms with Crippen molar-refractivity contribution in [3.63, 3.8) is 0 Å². The Morgan fingerprint density at radius 2 is 2.17 bits per heavy atom. The lowest BCUT2D eigenvalue weighted by atomic mass is 10.0. The summed E-state index contributed by atoms with van der Waals surface area (Å²) in [6, 6.07) is 0. The zero-order chi connectivity index (χ0) is 8.55. The third kappa shape index (κ3) is 1.00. The maximum absolute atomic E-state index is 11.3. The van der Waals surface area contributed by atoms with Gasteiger partial charge in [0.1, 0.15) is 0 Å². The van der Waals surface area contributed by atoms with E-state index >= 15 is 0 Å². The first-order valence-corrected chi connectivity index (χ1v) is 4.63. The van der Waals surface area contributed by atoms with E-state index in [2.05, 4.69) is 4.98 Å². The second-order valence-corrected chi connectivity index (χ2v) is 3.31. The Labute approximate surface area is 71.4 Å². The van der Waals surface area contributed by atoms with E-state index in [1.807, 2.05) is 11.5 Å². The minimum absolute atomic E-state index is 0.0735. The van der Waals surface area contributed by atoms with Crippen LogP contribution in [0.4, 0.5) is 0 Å². The van der Waals surface area contributed by atoms with Crippen LogP contribution in [0.1, 0.15) is 31.2 Å². The molecule has 66 valence electrons. The number of hydrogen-bond acceptors (Lipinski definition) is 1. The lowest BCUT2D eigenvalue weighted by Crippen LogP contribution is -2.17. The SMILES string of the molecule is CCn1c2c([nH]c1=O)CCCC2. The highest BCUT2D eigenvalue weighted by atomic mass is 16.1. The lowest BCUT2D eigenvalue weighted by Gasteiger charge is -2.12. The standard InChI is InChI=1S/C9H14N2O/c1-2-11-8-6-4-3-5-7(8)10-9(11)12/h2-6H2,1H3,(H,10,12). The topological polar surface area (TPSA) is 37.8 Å². The fraction of sp³-hybridized carbons (Fsp3) is 0.667. The molecule has 0 bridgehead atoms. The molecule has 0 aliphatic heterocycles. The smallest absolute Gasteiger partial charge is 0.310 e. The molecule has 1 heterocycles. The minimum Gasteiger partial charge on any atom is -0.310 e. The van der Waals surface area contributed by atoms with Crippen molar-refractivity contribution in [3.05, 3.63) is 21.9 Å². The van der Waals surface area contributed by atoms with E-state index in [1.165, 1.54) is 24.2 Å². The van der Waals surface area contributed by atoms with Gasteiger partial charge in [-0.15, -0.1) is 0 Å². The van der Waals surface area contributed by atoms with Crippen molar-refractivity contribution < 1.29 is 0 Å². The maximum Gasteiger partial charge on any atom is 0.325 e. The molecule has 0 amide bonds. The number of imidazole rings is 1. The number of nitrogens with one attached hydrogen (secondary N) is 1. The molecule has 0 aromatic carbocycles. The zero-order valence-corrected chi connectivity index (χ0v) is 7.39. The van der Waals surface area contributed by atoms with E-state index < -0.39 is 0 Å². The molecule has 2 rings (SSSR count). The molecule has 0 radical (unpaired) electrons. The van der Waals surface area contributed by atoms with Gasteiger partial charge in [-0.1, -0.05) is 0 Å². The first kappa shape index (κ1) is 7.65. The van der Waals surface area contributed by atoms with Gasteiger partial charge in [0.25, 0.3) is 0 Å². The van der Waals surface area contributed by atoms with Gasteiger partial charge < -0.3 is 4.98 Å². The summed E-state index contributed by atoms with van der Waals surface area (Å²) in [6.45, 7) is 2.81. The molecule has 1 N–H and O–H groups in total. The molecular weight excluding hydrogens is 152 g/mol. The van der Waals surface area contributed by atoms with Crippen LogP contribution in [0.25, 0.3) is 0 Å². The summed E-state index contributed by atoms with van der Waals surface area (Å²) in [6.07, 6.45) is 4.57. The number of aromatic nitrogens is 2. The van der Waals surface area contributed by atoms with Crippen LogP contribution in [-0.4, -0.2) is 9.55 Å². The summed E-state index contributed by atoms with van der Waals surface area (Å²) in [4.78, 5) is 14.3. The summed E-state index contributed by atoms with van der Waals surface area (Å²) in [7, 11) is 0. The van der Waals surface area contributed by atoms with Crippen molar-refractivity contribution in [1.82, 2.24) is 9.55 Å². The molecule has 1 aliphatic rings. The molecule has 1 aromatic heterocycles. The average molecular weight is 166 g/mol. The molecule has 1 aromatic rings. The normalized spacial score (nSPS) is 16.1. The van der Waals surface area contributed by atoms with Crippen LogP contribution in [0.5, 0.6) is 0 Å². The Bertz CT molecular complexity index is 335. The zero-order valence-electron chi connectivity index (χ0n) is 7.39. The first-order valence-electron chi connectivity index (χ1n) is 4.63. The van der Waals surface area contributed by atoms with Crippen LogP contribution in [0.3, 0.4) is 0 Å². The largest absolute Gasteiger partial charge is 0.325 e. The molecule has 0 unspecified atom stereocenters. The highest BCUT2D eigenvalue weighted by molar-refractivity contribution is 5.16. The summed E-state index contributed by atoms with van der Waals surface area (Å²) in [5.74, 6) is 0. The molecular formula is C9H14N2O. The predicted octanol–water partition coefficient (Wildman–Crippen LogP) is 1.08. The van der Waals surface area contributed by atoms with Crippen molar-refractivity contribution in [3.8, 4) is 0 Å². The van der Waals surface area contributed by atoms with Gasteiger partial charge in [-0.25, -0.2) is 4.79 Å². The predicted molar refractivity (Wildman–Crippen MR) is 47.4 cm³/mol. The molecule has 0 atom stereocenters. The number of aryl methyl sites for hydroxylation is 1. The van der Waals surface area contributed by atoms with E-state index in [0.29, 0.717) is 0 Å². The molecule has 12 heavy (non-hydrogen) atoms. The first-order chi connectivity index (χ1) is 5.83. The van der Waals surface area contributed by atoms with Crippen LogP contribution >= 0.6 is 0 Å². The van der Waals surface area contributed by atoms with Gasteiger partial charge in [-0.2, -0.15) is 0 Å². The average Bonchev–Trinajstić information content (AvgIpc) is 2.40. The number of fused-ring (bicyclic) bond motifs is 1. The second kappa shape index (κ2) is 2.81. The van der Waals surface area contributed by atoms with Crippen molar-refractivity contribution in [2.24, 2.45) is 0 Å². The molecule has 3 nitrogen and oxygen atoms in total. The maximum atomic E-state index is 11.3. The van der Waals surface area contributed by atoms with E-state index in [1.54, 1.807) is 0 Å². The van der Waals surface area contributed by atoms with Gasteiger partial charge in [-0.3, -0.25) is 4.57 Å². The van der Waals surface area contributed by atoms with Crippen LogP contribution in [0.15, 0.2) is 4.79 Å². The molecule has 0 saturated heterocycles. The summed E-state index contributed by atoms with van der Waals surface area (Å²) < 4.78 is 1.86. The minimum atomic E-state index is 0.0735. The number of rotatable bonds is 1. The van der Waals surface area contributed by atoms with E-state index in [0.717, 1.165) is 19.4 Å². The van der Waals surface area contributed by atoms with Gasteiger partial charge in [-0.05, 0) is 32.6 Å². The van der Waals surface area contributed by atoms with Crippen molar-refractivity contribution in [2.75, 3.05) is 0 Å². The van der Waals surface area contributed by atoms with Crippen LogP contribution in [0, 0.1) is 0 Å². The van der Waals surface area contributed by atoms with Crippen molar-refractivity contribution >= 4 is 0 Å². The van der Waals surface area contributed by atoms with Gasteiger partial charge in [0.05, 0.1) is 0 Å². The van der Waals surface area contributed by atoms with Crippen LogP contribution in [0.2, 0.25) is 0 Å². The molecule has 1 aliphatic carbocycles. The van der Waals surface area contributed by atoms with Gasteiger partial charge in [0.2, 0.25) is 0 Å². The number of hydrogen-bond donors (Lipinski definition) is 1. The second-order valence-electron chi connectivity index (χ2n) is 3.31. The van der Waals surface area contributed by atoms with Crippen LogP contribution in [-0.2, 0) is 19.4 Å². The Balaban J connectivity index is 2.54. The van der Waals surface area contributed by atoms with E-state index in [9.17, 15) is 4.79 Å². The summed E-state index contributed by atoms with van der Waals surface area (Å²) >= 11 is 0. The monoisotopic (exact) mass is 166 g/mol. The Hall–Kier alpha value is -0.990. The number of aromatic amines is 1. The number of H-pyrrole nitrogens is 1. The highest BCUT2D eigenvalue weighted by Crippen LogP contribution is 2.17. The van der Waals surface area contributed by atoms with Crippen LogP contribution < -0.4 is 5.69 Å². The van der Waals surface area contributed by atoms with Crippen molar-refractivity contribution in [1.29, 1.82) is 0 Å². The fourth-order valence-electron chi connectivity index (χ4n) is 1.98. The quantitative estimate of drug-likeness (QED) is 0.666. The number of nitrogens with zero attached hydrogens (tertiary/aromatic N) is 1. The van der Waals surface area contributed by atoms with Gasteiger partial charge in [0.15, 0.2) is 0 Å². The highest BCUT2D eigenvalue weighted by Gasteiger charge is 2.15. The third-order valence-corrected chi connectivity index (χ3v) is 2.58. The Morgan fingerprint density at radius 1 is 1.42 bits per heavy atom. The molecule has 0 saturated carbocycles. The van der Waals surface area contributed by atoms with Crippen molar-refractivity contribution in [2.45, 2.75) is 39.2 Å².